The number of fused-ring (bicyclic) bond motifs is 1. The highest BCUT2D eigenvalue weighted by Crippen LogP contribution is 2.29. The average Bonchev–Trinajstić information content (AvgIpc) is 2.98. The SMILES string of the molecule is C[C@@H]1[C@@H](C)CCC[C@H]1NC(=O)[C@H](C)OC(=O)CCn1c(=O)oc2ccccc21. The van der Waals surface area contributed by atoms with Crippen molar-refractivity contribution in [1.29, 1.82) is 0 Å². The van der Waals surface area contributed by atoms with Gasteiger partial charge in [0.2, 0.25) is 0 Å². The molecule has 1 aliphatic rings. The van der Waals surface area contributed by atoms with E-state index in [1.165, 1.54) is 11.0 Å². The molecule has 1 aromatic carbocycles. The molecule has 1 fully saturated rings. The fraction of sp³-hybridized carbons (Fsp3) is 0.571. The van der Waals surface area contributed by atoms with Gasteiger partial charge in [0, 0.05) is 12.6 Å². The number of nitrogens with zero attached hydrogens (tertiary/aromatic N) is 1. The Kier molecular flexibility index (Phi) is 6.21. The van der Waals surface area contributed by atoms with E-state index in [2.05, 4.69) is 19.2 Å². The van der Waals surface area contributed by atoms with E-state index in [1.54, 1.807) is 31.2 Å². The molecule has 1 aliphatic carbocycles. The number of hydrogen-bond acceptors (Lipinski definition) is 5. The lowest BCUT2D eigenvalue weighted by Crippen LogP contribution is -2.47. The van der Waals surface area contributed by atoms with Crippen LogP contribution in [0.3, 0.4) is 0 Å². The van der Waals surface area contributed by atoms with Crippen LogP contribution in [0.2, 0.25) is 0 Å². The Balaban J connectivity index is 1.52. The predicted octanol–water partition coefficient (Wildman–Crippen LogP) is 2.86. The standard InChI is InChI=1S/C21H28N2O5/c1-13-7-6-8-16(14(13)2)22-20(25)15(3)27-19(24)11-12-23-17-9-4-5-10-18(17)28-21(23)26/h4-5,9-10,13-16H,6-8,11-12H2,1-3H3,(H,22,25)/t13-,14+,15-,16+/m0/s1. The number of para-hydroxylation sites is 2. The Morgan fingerprint density at radius 2 is 2.04 bits per heavy atom. The molecule has 1 amide bonds. The highest BCUT2D eigenvalue weighted by Gasteiger charge is 2.30. The number of aromatic nitrogens is 1. The smallest absolute Gasteiger partial charge is 0.419 e. The molecule has 0 unspecified atom stereocenters. The summed E-state index contributed by atoms with van der Waals surface area (Å²) in [6.45, 7) is 6.07. The molecule has 0 saturated heterocycles. The van der Waals surface area contributed by atoms with E-state index < -0.39 is 17.8 Å². The van der Waals surface area contributed by atoms with Gasteiger partial charge in [-0.15, -0.1) is 0 Å². The third-order valence-electron chi connectivity index (χ3n) is 5.83. The third kappa shape index (κ3) is 4.46. The molecule has 0 bridgehead atoms. The van der Waals surface area contributed by atoms with E-state index in [-0.39, 0.29) is 24.9 Å². The van der Waals surface area contributed by atoms with Gasteiger partial charge in [0.05, 0.1) is 11.9 Å². The maximum Gasteiger partial charge on any atom is 0.419 e. The molecule has 3 rings (SSSR count). The first-order valence-corrected chi connectivity index (χ1v) is 9.95. The van der Waals surface area contributed by atoms with Crippen LogP contribution in [0.5, 0.6) is 0 Å². The molecule has 0 radical (unpaired) electrons. The zero-order valence-electron chi connectivity index (χ0n) is 16.6. The van der Waals surface area contributed by atoms with Crippen molar-refractivity contribution in [2.24, 2.45) is 11.8 Å². The Hall–Kier alpha value is -2.57. The molecule has 4 atom stereocenters. The van der Waals surface area contributed by atoms with Gasteiger partial charge in [0.25, 0.3) is 5.91 Å². The Morgan fingerprint density at radius 3 is 2.82 bits per heavy atom. The van der Waals surface area contributed by atoms with Gasteiger partial charge in [-0.1, -0.05) is 38.8 Å². The molecule has 152 valence electrons. The van der Waals surface area contributed by atoms with Crippen molar-refractivity contribution in [3.63, 3.8) is 0 Å². The topological polar surface area (TPSA) is 90.5 Å². The molecule has 0 aliphatic heterocycles. The number of benzene rings is 1. The maximum atomic E-state index is 12.4. The van der Waals surface area contributed by atoms with E-state index in [9.17, 15) is 14.4 Å². The lowest BCUT2D eigenvalue weighted by molar-refractivity contribution is -0.155. The summed E-state index contributed by atoms with van der Waals surface area (Å²) >= 11 is 0. The van der Waals surface area contributed by atoms with Crippen molar-refractivity contribution in [3.05, 3.63) is 34.8 Å². The van der Waals surface area contributed by atoms with E-state index in [0.717, 1.165) is 12.8 Å². The minimum Gasteiger partial charge on any atom is -0.452 e. The van der Waals surface area contributed by atoms with Crippen molar-refractivity contribution in [2.45, 2.75) is 65.1 Å². The molecular weight excluding hydrogens is 360 g/mol. The van der Waals surface area contributed by atoms with Crippen LogP contribution in [0.25, 0.3) is 11.1 Å². The number of oxazole rings is 1. The van der Waals surface area contributed by atoms with Crippen LogP contribution in [0.15, 0.2) is 33.5 Å². The van der Waals surface area contributed by atoms with Crippen LogP contribution in [-0.4, -0.2) is 28.6 Å². The molecule has 7 nitrogen and oxygen atoms in total. The summed E-state index contributed by atoms with van der Waals surface area (Å²) in [5, 5.41) is 3.02. The maximum absolute atomic E-state index is 12.4. The van der Waals surface area contributed by atoms with E-state index in [0.29, 0.717) is 22.9 Å². The van der Waals surface area contributed by atoms with Crippen LogP contribution in [-0.2, 0) is 20.9 Å². The summed E-state index contributed by atoms with van der Waals surface area (Å²) in [7, 11) is 0. The third-order valence-corrected chi connectivity index (χ3v) is 5.83. The number of amides is 1. The first kappa shape index (κ1) is 20.2. The molecule has 1 aromatic heterocycles. The minimum absolute atomic E-state index is 0.0160. The van der Waals surface area contributed by atoms with Gasteiger partial charge in [0.1, 0.15) is 0 Å². The van der Waals surface area contributed by atoms with Crippen molar-refractivity contribution in [1.82, 2.24) is 9.88 Å². The van der Waals surface area contributed by atoms with Crippen LogP contribution in [0, 0.1) is 11.8 Å². The quantitative estimate of drug-likeness (QED) is 0.769. The van der Waals surface area contributed by atoms with Crippen molar-refractivity contribution in [2.75, 3.05) is 0 Å². The fourth-order valence-corrected chi connectivity index (χ4v) is 3.82. The van der Waals surface area contributed by atoms with Gasteiger partial charge in [0.15, 0.2) is 11.7 Å². The summed E-state index contributed by atoms with van der Waals surface area (Å²) < 4.78 is 11.8. The summed E-state index contributed by atoms with van der Waals surface area (Å²) in [5.41, 5.74) is 1.11. The lowest BCUT2D eigenvalue weighted by Gasteiger charge is -2.35. The van der Waals surface area contributed by atoms with Gasteiger partial charge < -0.3 is 14.5 Å². The van der Waals surface area contributed by atoms with Crippen LogP contribution in [0.1, 0.15) is 46.5 Å². The molecular formula is C21H28N2O5. The molecule has 1 saturated carbocycles. The molecule has 1 N–H and O–H groups in total. The van der Waals surface area contributed by atoms with Crippen molar-refractivity contribution >= 4 is 23.0 Å². The second-order valence-electron chi connectivity index (χ2n) is 7.75. The number of hydrogen-bond donors (Lipinski definition) is 1. The number of carbonyl (C=O) groups is 2. The van der Waals surface area contributed by atoms with Gasteiger partial charge in [-0.05, 0) is 37.3 Å². The molecule has 28 heavy (non-hydrogen) atoms. The largest absolute Gasteiger partial charge is 0.452 e. The van der Waals surface area contributed by atoms with E-state index in [4.69, 9.17) is 9.15 Å². The number of ether oxygens (including phenoxy) is 1. The van der Waals surface area contributed by atoms with Crippen LogP contribution in [0.4, 0.5) is 0 Å². The molecule has 2 aromatic rings. The summed E-state index contributed by atoms with van der Waals surface area (Å²) in [5.74, 6) is -0.336. The lowest BCUT2D eigenvalue weighted by atomic mass is 9.78. The summed E-state index contributed by atoms with van der Waals surface area (Å²) in [6, 6.07) is 7.15. The zero-order valence-corrected chi connectivity index (χ0v) is 16.6. The second kappa shape index (κ2) is 8.63. The van der Waals surface area contributed by atoms with Crippen LogP contribution < -0.4 is 11.1 Å². The van der Waals surface area contributed by atoms with E-state index >= 15 is 0 Å². The first-order valence-electron chi connectivity index (χ1n) is 9.95. The minimum atomic E-state index is -0.866. The van der Waals surface area contributed by atoms with Crippen molar-refractivity contribution in [3.8, 4) is 0 Å². The van der Waals surface area contributed by atoms with Gasteiger partial charge >= 0.3 is 11.7 Å². The second-order valence-corrected chi connectivity index (χ2v) is 7.75. The molecule has 7 heteroatoms. The summed E-state index contributed by atoms with van der Waals surface area (Å²) in [4.78, 5) is 36.5. The normalized spacial score (nSPS) is 23.3. The Morgan fingerprint density at radius 1 is 1.29 bits per heavy atom. The monoisotopic (exact) mass is 388 g/mol. The fourth-order valence-electron chi connectivity index (χ4n) is 3.82. The highest BCUT2D eigenvalue weighted by molar-refractivity contribution is 5.83. The zero-order chi connectivity index (χ0) is 20.3. The first-order chi connectivity index (χ1) is 13.4. The number of carbonyl (C=O) groups excluding carboxylic acids is 2. The van der Waals surface area contributed by atoms with Crippen LogP contribution >= 0.6 is 0 Å². The van der Waals surface area contributed by atoms with Gasteiger partial charge in [-0.2, -0.15) is 0 Å². The Labute approximate surface area is 164 Å². The molecule has 0 spiro atoms. The number of aryl methyl sites for hydroxylation is 1. The number of esters is 1. The van der Waals surface area contributed by atoms with E-state index in [1.807, 2.05) is 0 Å². The average molecular weight is 388 g/mol. The van der Waals surface area contributed by atoms with Crippen molar-refractivity contribution < 1.29 is 18.7 Å². The predicted molar refractivity (Wildman–Crippen MR) is 105 cm³/mol. The summed E-state index contributed by atoms with van der Waals surface area (Å²) in [6.07, 6.45) is 2.35. The number of nitrogens with one attached hydrogen (secondary N) is 1. The number of rotatable bonds is 6. The molecule has 1 heterocycles. The van der Waals surface area contributed by atoms with Gasteiger partial charge in [-0.3, -0.25) is 14.2 Å². The Bertz CT molecular complexity index is 900. The highest BCUT2D eigenvalue weighted by atomic mass is 16.5. The van der Waals surface area contributed by atoms with Gasteiger partial charge in [-0.25, -0.2) is 4.79 Å².